The summed E-state index contributed by atoms with van der Waals surface area (Å²) in [5.74, 6) is -0.878. The van der Waals surface area contributed by atoms with Gasteiger partial charge in [-0.05, 0) is 30.5 Å². The lowest BCUT2D eigenvalue weighted by Gasteiger charge is -2.16. The highest BCUT2D eigenvalue weighted by molar-refractivity contribution is 5.85. The Labute approximate surface area is 148 Å². The highest BCUT2D eigenvalue weighted by Gasteiger charge is 2.11. The van der Waals surface area contributed by atoms with Crippen LogP contribution in [0, 0.1) is 5.82 Å². The minimum absolute atomic E-state index is 0.0580. The van der Waals surface area contributed by atoms with Gasteiger partial charge < -0.3 is 16.0 Å². The summed E-state index contributed by atoms with van der Waals surface area (Å²) < 4.78 is 13.1. The van der Waals surface area contributed by atoms with Crippen LogP contribution in [0.5, 0.6) is 0 Å². The van der Waals surface area contributed by atoms with Gasteiger partial charge in [-0.25, -0.2) is 4.39 Å². The number of hydrogen-bond donors (Lipinski definition) is 3. The Morgan fingerprint density at radius 1 is 1.00 bits per heavy atom. The molecule has 2 amide bonds. The molecule has 138 valence electrons. The van der Waals surface area contributed by atoms with E-state index in [-0.39, 0.29) is 30.6 Å². The lowest BCUT2D eigenvalue weighted by atomic mass is 10.1. The van der Waals surface area contributed by atoms with Crippen molar-refractivity contribution in [2.45, 2.75) is 51.0 Å². The SMILES string of the molecule is O=C(CNC(=O)Cc1cccc(F)c1)NCCNC1CCCCCC1. The van der Waals surface area contributed by atoms with E-state index in [1.807, 2.05) is 0 Å². The van der Waals surface area contributed by atoms with Crippen molar-refractivity contribution < 1.29 is 14.0 Å². The maximum atomic E-state index is 13.1. The van der Waals surface area contributed by atoms with Gasteiger partial charge in [0.1, 0.15) is 5.82 Å². The van der Waals surface area contributed by atoms with Gasteiger partial charge in [0.05, 0.1) is 13.0 Å². The molecule has 3 N–H and O–H groups in total. The van der Waals surface area contributed by atoms with Crippen LogP contribution in [-0.4, -0.2) is 37.5 Å². The topological polar surface area (TPSA) is 70.2 Å². The van der Waals surface area contributed by atoms with E-state index in [9.17, 15) is 14.0 Å². The summed E-state index contributed by atoms with van der Waals surface area (Å²) in [4.78, 5) is 23.5. The van der Waals surface area contributed by atoms with Crippen LogP contribution < -0.4 is 16.0 Å². The van der Waals surface area contributed by atoms with Crippen LogP contribution in [0.25, 0.3) is 0 Å². The second kappa shape index (κ2) is 10.8. The van der Waals surface area contributed by atoms with E-state index in [1.54, 1.807) is 12.1 Å². The zero-order valence-electron chi connectivity index (χ0n) is 14.7. The van der Waals surface area contributed by atoms with Gasteiger partial charge in [0, 0.05) is 19.1 Å². The summed E-state index contributed by atoms with van der Waals surface area (Å²) in [6.07, 6.45) is 7.69. The highest BCUT2D eigenvalue weighted by Crippen LogP contribution is 2.16. The van der Waals surface area contributed by atoms with Crippen LogP contribution in [0.15, 0.2) is 24.3 Å². The van der Waals surface area contributed by atoms with E-state index >= 15 is 0 Å². The normalized spacial score (nSPS) is 15.4. The first-order valence-corrected chi connectivity index (χ1v) is 9.15. The minimum Gasteiger partial charge on any atom is -0.353 e. The molecule has 0 saturated heterocycles. The molecular formula is C19H28FN3O2. The summed E-state index contributed by atoms with van der Waals surface area (Å²) in [5, 5.41) is 8.83. The van der Waals surface area contributed by atoms with E-state index in [1.165, 1.54) is 50.7 Å². The van der Waals surface area contributed by atoms with Crippen molar-refractivity contribution in [1.82, 2.24) is 16.0 Å². The summed E-state index contributed by atoms with van der Waals surface area (Å²) in [6.45, 7) is 1.24. The number of carbonyl (C=O) groups excluding carboxylic acids is 2. The molecule has 1 aliphatic rings. The maximum Gasteiger partial charge on any atom is 0.239 e. The van der Waals surface area contributed by atoms with Gasteiger partial charge in [-0.15, -0.1) is 0 Å². The molecule has 0 radical (unpaired) electrons. The van der Waals surface area contributed by atoms with Crippen LogP contribution in [0.1, 0.15) is 44.1 Å². The second-order valence-electron chi connectivity index (χ2n) is 6.58. The van der Waals surface area contributed by atoms with Gasteiger partial charge in [0.15, 0.2) is 0 Å². The largest absolute Gasteiger partial charge is 0.353 e. The fourth-order valence-electron chi connectivity index (χ4n) is 3.10. The van der Waals surface area contributed by atoms with Gasteiger partial charge in [-0.1, -0.05) is 37.8 Å². The Morgan fingerprint density at radius 2 is 1.76 bits per heavy atom. The van der Waals surface area contributed by atoms with Crippen molar-refractivity contribution in [2.75, 3.05) is 19.6 Å². The average molecular weight is 349 g/mol. The standard InChI is InChI=1S/C19H28FN3O2/c20-16-7-5-6-15(12-16)13-18(24)23-14-19(25)22-11-10-21-17-8-3-1-2-4-9-17/h5-7,12,17,21H,1-4,8-11,13-14H2,(H,22,25)(H,23,24). The van der Waals surface area contributed by atoms with Crippen molar-refractivity contribution in [1.29, 1.82) is 0 Å². The maximum absolute atomic E-state index is 13.1. The Hall–Kier alpha value is -1.95. The van der Waals surface area contributed by atoms with Gasteiger partial charge in [-0.3, -0.25) is 9.59 Å². The number of amides is 2. The van der Waals surface area contributed by atoms with Crippen LogP contribution in [0.3, 0.4) is 0 Å². The van der Waals surface area contributed by atoms with E-state index in [0.29, 0.717) is 18.2 Å². The molecule has 1 fully saturated rings. The molecule has 0 atom stereocenters. The quantitative estimate of drug-likeness (QED) is 0.496. The molecule has 6 heteroatoms. The summed E-state index contributed by atoms with van der Waals surface area (Å²) >= 11 is 0. The van der Waals surface area contributed by atoms with Crippen molar-refractivity contribution in [3.8, 4) is 0 Å². The van der Waals surface area contributed by atoms with E-state index in [2.05, 4.69) is 16.0 Å². The molecule has 0 aliphatic heterocycles. The molecule has 1 aromatic carbocycles. The molecule has 0 unspecified atom stereocenters. The van der Waals surface area contributed by atoms with E-state index in [0.717, 1.165) is 6.54 Å². The predicted molar refractivity (Wildman–Crippen MR) is 95.6 cm³/mol. The molecule has 1 aromatic rings. The molecular weight excluding hydrogens is 321 g/mol. The molecule has 2 rings (SSSR count). The fraction of sp³-hybridized carbons (Fsp3) is 0.579. The molecule has 0 bridgehead atoms. The van der Waals surface area contributed by atoms with Crippen molar-refractivity contribution in [2.24, 2.45) is 0 Å². The predicted octanol–water partition coefficient (Wildman–Crippen LogP) is 1.91. The number of rotatable bonds is 8. The van der Waals surface area contributed by atoms with Gasteiger partial charge in [-0.2, -0.15) is 0 Å². The number of benzene rings is 1. The third kappa shape index (κ3) is 8.12. The average Bonchev–Trinajstić information content (AvgIpc) is 2.86. The van der Waals surface area contributed by atoms with Crippen LogP contribution >= 0.6 is 0 Å². The zero-order chi connectivity index (χ0) is 17.9. The molecule has 0 spiro atoms. The lowest BCUT2D eigenvalue weighted by Crippen LogP contribution is -2.41. The smallest absolute Gasteiger partial charge is 0.239 e. The van der Waals surface area contributed by atoms with Gasteiger partial charge in [0.25, 0.3) is 0 Å². The van der Waals surface area contributed by atoms with Gasteiger partial charge in [0.2, 0.25) is 11.8 Å². The number of nitrogens with one attached hydrogen (secondary N) is 3. The first-order valence-electron chi connectivity index (χ1n) is 9.15. The number of carbonyl (C=O) groups is 2. The van der Waals surface area contributed by atoms with Crippen molar-refractivity contribution in [3.63, 3.8) is 0 Å². The molecule has 1 saturated carbocycles. The monoisotopic (exact) mass is 349 g/mol. The third-order valence-corrected chi connectivity index (χ3v) is 4.44. The Bertz CT molecular complexity index is 557. The lowest BCUT2D eigenvalue weighted by molar-refractivity contribution is -0.125. The Kier molecular flexibility index (Phi) is 8.39. The summed E-state index contributed by atoms with van der Waals surface area (Å²) in [5.41, 5.74) is 0.588. The number of hydrogen-bond acceptors (Lipinski definition) is 3. The molecule has 1 aliphatic carbocycles. The summed E-state index contributed by atoms with van der Waals surface area (Å²) in [6, 6.07) is 6.45. The molecule has 0 heterocycles. The van der Waals surface area contributed by atoms with E-state index < -0.39 is 0 Å². The number of halogens is 1. The van der Waals surface area contributed by atoms with Crippen molar-refractivity contribution >= 4 is 11.8 Å². The summed E-state index contributed by atoms with van der Waals surface area (Å²) in [7, 11) is 0. The molecule has 0 aromatic heterocycles. The fourth-order valence-corrected chi connectivity index (χ4v) is 3.10. The van der Waals surface area contributed by atoms with Gasteiger partial charge >= 0.3 is 0 Å². The first-order chi connectivity index (χ1) is 12.1. The molecule has 25 heavy (non-hydrogen) atoms. The van der Waals surface area contributed by atoms with E-state index in [4.69, 9.17) is 0 Å². The second-order valence-corrected chi connectivity index (χ2v) is 6.58. The minimum atomic E-state index is -0.371. The van der Waals surface area contributed by atoms with Crippen molar-refractivity contribution in [3.05, 3.63) is 35.6 Å². The Morgan fingerprint density at radius 3 is 2.48 bits per heavy atom. The molecule has 5 nitrogen and oxygen atoms in total. The third-order valence-electron chi connectivity index (χ3n) is 4.44. The highest BCUT2D eigenvalue weighted by atomic mass is 19.1. The van der Waals surface area contributed by atoms with Crippen LogP contribution in [0.2, 0.25) is 0 Å². The van der Waals surface area contributed by atoms with Crippen LogP contribution in [-0.2, 0) is 16.0 Å². The van der Waals surface area contributed by atoms with Crippen LogP contribution in [0.4, 0.5) is 4.39 Å². The first kappa shape index (κ1) is 19.4. The zero-order valence-corrected chi connectivity index (χ0v) is 14.7. The Balaban J connectivity index is 1.55.